The largest absolute Gasteiger partial charge is 0.463 e. The fourth-order valence-corrected chi connectivity index (χ4v) is 2.75. The van der Waals surface area contributed by atoms with Crippen molar-refractivity contribution in [2.45, 2.75) is 39.3 Å². The third-order valence-corrected chi connectivity index (χ3v) is 4.20. The molecule has 0 aliphatic carbocycles. The third kappa shape index (κ3) is 4.85. The van der Waals surface area contributed by atoms with Crippen LogP contribution in [-0.2, 0) is 13.1 Å². The monoisotopic (exact) mass is 369 g/mol. The Morgan fingerprint density at radius 3 is 3.04 bits per heavy atom. The molecule has 3 rings (SSSR count). The summed E-state index contributed by atoms with van der Waals surface area (Å²) in [5.41, 5.74) is 7.83. The molecule has 0 aliphatic heterocycles. The Morgan fingerprint density at radius 2 is 2.26 bits per heavy atom. The Bertz CT molecular complexity index is 919. The van der Waals surface area contributed by atoms with Gasteiger partial charge in [0.2, 0.25) is 0 Å². The highest BCUT2D eigenvalue weighted by Crippen LogP contribution is 2.18. The van der Waals surface area contributed by atoms with E-state index in [1.165, 1.54) is 5.56 Å². The average Bonchev–Trinajstić information content (AvgIpc) is 2.99. The van der Waals surface area contributed by atoms with Crippen LogP contribution in [0.25, 0.3) is 11.2 Å². The van der Waals surface area contributed by atoms with Crippen molar-refractivity contribution in [2.75, 3.05) is 18.9 Å². The van der Waals surface area contributed by atoms with E-state index in [0.717, 1.165) is 32.4 Å². The van der Waals surface area contributed by atoms with Gasteiger partial charge in [-0.2, -0.15) is 9.97 Å². The summed E-state index contributed by atoms with van der Waals surface area (Å²) in [6, 6.07) is 11.1. The number of fused-ring (bicyclic) bond motifs is 1. The highest BCUT2D eigenvalue weighted by Gasteiger charge is 2.14. The first kappa shape index (κ1) is 18.9. The highest BCUT2D eigenvalue weighted by molar-refractivity contribution is 5.81. The van der Waals surface area contributed by atoms with E-state index in [1.807, 2.05) is 24.3 Å². The summed E-state index contributed by atoms with van der Waals surface area (Å²) in [6.07, 6.45) is 2.70. The molecule has 0 saturated heterocycles. The maximum absolute atomic E-state index is 12.3. The summed E-state index contributed by atoms with van der Waals surface area (Å²) < 4.78 is 7.13. The van der Waals surface area contributed by atoms with Gasteiger partial charge in [-0.05, 0) is 37.1 Å². The normalized spacial score (nSPS) is 11.1. The number of aryl methyl sites for hydroxylation is 1. The molecule has 0 amide bonds. The van der Waals surface area contributed by atoms with E-state index >= 15 is 0 Å². The lowest BCUT2D eigenvalue weighted by Gasteiger charge is -2.07. The predicted molar refractivity (Wildman–Crippen MR) is 105 cm³/mol. The summed E-state index contributed by atoms with van der Waals surface area (Å²) in [4.78, 5) is 23.5. The molecule has 3 aromatic rings. The summed E-state index contributed by atoms with van der Waals surface area (Å²) in [5.74, 6) is 0.223. The Kier molecular flexibility index (Phi) is 6.43. The maximum Gasteiger partial charge on any atom is 0.327 e. The zero-order valence-electron chi connectivity index (χ0n) is 15.5. The van der Waals surface area contributed by atoms with Crippen molar-refractivity contribution in [3.05, 3.63) is 46.4 Å². The van der Waals surface area contributed by atoms with Gasteiger partial charge in [-0.3, -0.25) is 4.57 Å². The zero-order valence-corrected chi connectivity index (χ0v) is 15.5. The number of unbranched alkanes of at least 4 members (excludes halogenated alkanes) is 1. The van der Waals surface area contributed by atoms with Crippen molar-refractivity contribution < 1.29 is 4.74 Å². The summed E-state index contributed by atoms with van der Waals surface area (Å²) >= 11 is 0. The predicted octanol–water partition coefficient (Wildman–Crippen LogP) is 1.86. The second-order valence-electron chi connectivity index (χ2n) is 6.32. The molecular formula is C19H25N6O2. The molecule has 2 aromatic heterocycles. The number of nitrogens with one attached hydrogen (secondary N) is 2. The number of nitrogen functional groups attached to an aromatic ring is 1. The minimum atomic E-state index is -0.241. The van der Waals surface area contributed by atoms with E-state index < -0.39 is 0 Å². The van der Waals surface area contributed by atoms with Crippen molar-refractivity contribution in [3.8, 4) is 6.01 Å². The van der Waals surface area contributed by atoms with Crippen molar-refractivity contribution >= 4 is 17.0 Å². The van der Waals surface area contributed by atoms with E-state index in [4.69, 9.17) is 10.5 Å². The van der Waals surface area contributed by atoms with Gasteiger partial charge in [0.05, 0.1) is 6.61 Å². The zero-order chi connectivity index (χ0) is 19.1. The molecule has 8 heteroatoms. The molecule has 143 valence electrons. The molecule has 0 aliphatic rings. The van der Waals surface area contributed by atoms with Crippen molar-refractivity contribution in [2.24, 2.45) is 0 Å². The van der Waals surface area contributed by atoms with Crippen molar-refractivity contribution in [1.82, 2.24) is 24.8 Å². The molecular weight excluding hydrogens is 344 g/mol. The Balaban J connectivity index is 1.62. The molecule has 0 unspecified atom stereocenters. The van der Waals surface area contributed by atoms with Crippen LogP contribution in [0.3, 0.4) is 0 Å². The van der Waals surface area contributed by atoms with Gasteiger partial charge in [0, 0.05) is 13.1 Å². The second-order valence-corrected chi connectivity index (χ2v) is 6.32. The number of rotatable bonds is 10. The molecule has 2 heterocycles. The molecule has 1 radical (unpaired) electrons. The van der Waals surface area contributed by atoms with Gasteiger partial charge in [0.25, 0.3) is 0 Å². The van der Waals surface area contributed by atoms with Crippen LogP contribution in [0.4, 0.5) is 5.82 Å². The number of H-pyrrole nitrogens is 1. The van der Waals surface area contributed by atoms with E-state index in [2.05, 4.69) is 33.3 Å². The maximum atomic E-state index is 12.3. The van der Waals surface area contributed by atoms with Crippen molar-refractivity contribution in [3.63, 3.8) is 0 Å². The van der Waals surface area contributed by atoms with Gasteiger partial charge in [-0.1, -0.05) is 31.5 Å². The number of aromatic nitrogens is 4. The number of benzene rings is 1. The standard InChI is InChI=1S/C19H25N6O2/c1-2-3-12-27-18-23-16(20)15-17(24-18)25(19(26)22-15)11-7-10-21-13-14-8-5-4-6-9-14/h4-5,8-9,21H,2-3,7,10-13H2,1H3,(H,22,26)(H2,20,23,24). The minimum Gasteiger partial charge on any atom is -0.463 e. The topological polar surface area (TPSA) is 111 Å². The second kappa shape index (κ2) is 9.18. The molecule has 8 nitrogen and oxygen atoms in total. The fraction of sp³-hybridized carbons (Fsp3) is 0.421. The average molecular weight is 369 g/mol. The SMILES string of the molecule is CCCCOc1nc(N)c2[nH]c(=O)n(CCCNCc3c[c]ccc3)c2n1. The van der Waals surface area contributed by atoms with Crippen LogP contribution in [0.5, 0.6) is 6.01 Å². The molecule has 0 atom stereocenters. The third-order valence-electron chi connectivity index (χ3n) is 4.20. The van der Waals surface area contributed by atoms with E-state index in [-0.39, 0.29) is 17.5 Å². The van der Waals surface area contributed by atoms with Gasteiger partial charge in [-0.25, -0.2) is 4.79 Å². The number of aromatic amines is 1. The fourth-order valence-electron chi connectivity index (χ4n) is 2.75. The molecule has 0 saturated carbocycles. The van der Waals surface area contributed by atoms with E-state index in [9.17, 15) is 4.79 Å². The summed E-state index contributed by atoms with van der Waals surface area (Å²) in [7, 11) is 0. The number of imidazole rings is 1. The van der Waals surface area contributed by atoms with Crippen molar-refractivity contribution in [1.29, 1.82) is 0 Å². The van der Waals surface area contributed by atoms with Crippen LogP contribution in [0.1, 0.15) is 31.7 Å². The first-order chi connectivity index (χ1) is 13.2. The molecule has 0 fully saturated rings. The number of nitrogens with two attached hydrogens (primary N) is 1. The van der Waals surface area contributed by atoms with E-state index in [1.54, 1.807) is 4.57 Å². The Morgan fingerprint density at radius 1 is 1.37 bits per heavy atom. The molecule has 0 bridgehead atoms. The first-order valence-corrected chi connectivity index (χ1v) is 9.23. The number of ether oxygens (including phenoxy) is 1. The lowest BCUT2D eigenvalue weighted by molar-refractivity contribution is 0.286. The van der Waals surface area contributed by atoms with Gasteiger partial charge >= 0.3 is 11.7 Å². The molecule has 4 N–H and O–H groups in total. The molecule has 27 heavy (non-hydrogen) atoms. The first-order valence-electron chi connectivity index (χ1n) is 9.23. The van der Waals surface area contributed by atoms with E-state index in [0.29, 0.717) is 24.3 Å². The number of anilines is 1. The van der Waals surface area contributed by atoms with Crippen LogP contribution in [0.2, 0.25) is 0 Å². The number of nitrogens with zero attached hydrogens (tertiary/aromatic N) is 3. The van der Waals surface area contributed by atoms with Crippen LogP contribution < -0.4 is 21.5 Å². The highest BCUT2D eigenvalue weighted by atomic mass is 16.5. The van der Waals surface area contributed by atoms with Gasteiger partial charge < -0.3 is 20.8 Å². The summed E-state index contributed by atoms with van der Waals surface area (Å²) in [5, 5.41) is 3.36. The van der Waals surface area contributed by atoms with Gasteiger partial charge in [-0.15, -0.1) is 0 Å². The Hall–Kier alpha value is -2.87. The Labute approximate surface area is 157 Å². The summed E-state index contributed by atoms with van der Waals surface area (Å²) in [6.45, 7) is 4.67. The molecule has 0 spiro atoms. The van der Waals surface area contributed by atoms with Crippen LogP contribution >= 0.6 is 0 Å². The van der Waals surface area contributed by atoms with Gasteiger partial charge in [0.15, 0.2) is 11.5 Å². The number of hydrogen-bond donors (Lipinski definition) is 3. The minimum absolute atomic E-state index is 0.208. The quantitative estimate of drug-likeness (QED) is 0.471. The lowest BCUT2D eigenvalue weighted by Crippen LogP contribution is -2.21. The smallest absolute Gasteiger partial charge is 0.327 e. The number of hydrogen-bond acceptors (Lipinski definition) is 6. The van der Waals surface area contributed by atoms with Crippen LogP contribution in [0.15, 0.2) is 29.1 Å². The van der Waals surface area contributed by atoms with Crippen LogP contribution in [-0.4, -0.2) is 32.7 Å². The van der Waals surface area contributed by atoms with Gasteiger partial charge in [0.1, 0.15) is 5.52 Å². The lowest BCUT2D eigenvalue weighted by atomic mass is 10.2. The van der Waals surface area contributed by atoms with Crippen LogP contribution in [0, 0.1) is 6.07 Å². The molecule has 1 aromatic carbocycles.